The molecule has 1 aromatic heterocycles. The maximum atomic E-state index is 12.6. The largest absolute Gasteiger partial charge is 0.462 e. The summed E-state index contributed by atoms with van der Waals surface area (Å²) < 4.78 is 6.29. The fraction of sp³-hybridized carbons (Fsp3) is 0.455. The Kier molecular flexibility index (Phi) is 7.04. The third-order valence-electron chi connectivity index (χ3n) is 9.64. The quantitative estimate of drug-likeness (QED) is 0.401. The lowest BCUT2D eigenvalue weighted by Gasteiger charge is -2.41. The number of aromatic nitrogens is 2. The van der Waals surface area contributed by atoms with Gasteiger partial charge in [0.2, 0.25) is 5.91 Å². The number of ether oxygens (including phenoxy) is 1. The lowest BCUT2D eigenvalue weighted by atomic mass is 10.0. The maximum absolute atomic E-state index is 12.6. The van der Waals surface area contributed by atoms with Gasteiger partial charge >= 0.3 is 6.01 Å². The minimum absolute atomic E-state index is 0.131. The molecule has 0 N–H and O–H groups in total. The van der Waals surface area contributed by atoms with Gasteiger partial charge in [0.05, 0.1) is 24.2 Å². The molecule has 0 unspecified atom stereocenters. The van der Waals surface area contributed by atoms with E-state index in [-0.39, 0.29) is 24.4 Å². The number of anilines is 1. The van der Waals surface area contributed by atoms with Crippen LogP contribution in [0.5, 0.6) is 6.01 Å². The van der Waals surface area contributed by atoms with Gasteiger partial charge in [-0.05, 0) is 60.8 Å². The Bertz CT molecular complexity index is 1580. The molecule has 1 amide bonds. The number of carbonyl (C=O) groups excluding carboxylic acids is 1. The molecule has 3 aromatic rings. The normalized spacial score (nSPS) is 23.8. The summed E-state index contributed by atoms with van der Waals surface area (Å²) >= 11 is 0. The molecule has 4 heterocycles. The Labute approximate surface area is 247 Å². The monoisotopic (exact) mass is 563 g/mol. The van der Waals surface area contributed by atoms with Crippen molar-refractivity contribution in [2.45, 2.75) is 56.9 Å². The number of nitriles is 1. The van der Waals surface area contributed by atoms with E-state index in [0.29, 0.717) is 38.3 Å². The predicted octanol–water partition coefficient (Wildman–Crippen LogP) is 3.83. The molecule has 2 saturated heterocycles. The molecule has 9 heteroatoms. The fourth-order valence-electron chi connectivity index (χ4n) is 7.42. The van der Waals surface area contributed by atoms with Crippen LogP contribution in [0.4, 0.5) is 5.82 Å². The number of likely N-dealkylation sites (N-methyl/N-ethyl adjacent to an activating group) is 1. The zero-order valence-corrected chi connectivity index (χ0v) is 24.2. The average Bonchev–Trinajstić information content (AvgIpc) is 3.73. The van der Waals surface area contributed by atoms with Gasteiger partial charge in [0, 0.05) is 50.4 Å². The van der Waals surface area contributed by atoms with Crippen molar-refractivity contribution in [3.63, 3.8) is 0 Å². The van der Waals surface area contributed by atoms with Gasteiger partial charge in [-0.1, -0.05) is 43.0 Å². The van der Waals surface area contributed by atoms with Crippen LogP contribution >= 0.6 is 0 Å². The second kappa shape index (κ2) is 11.0. The lowest BCUT2D eigenvalue weighted by molar-refractivity contribution is -0.128. The number of likely N-dealkylation sites (tertiary alicyclic amines) is 1. The molecule has 2 fully saturated rings. The van der Waals surface area contributed by atoms with Crippen LogP contribution < -0.4 is 9.64 Å². The van der Waals surface area contributed by atoms with Gasteiger partial charge in [0.25, 0.3) is 0 Å². The Morgan fingerprint density at radius 3 is 2.79 bits per heavy atom. The van der Waals surface area contributed by atoms with Gasteiger partial charge in [0.15, 0.2) is 0 Å². The molecule has 0 radical (unpaired) electrons. The number of carbonyl (C=O) groups is 1. The highest BCUT2D eigenvalue weighted by Gasteiger charge is 2.38. The predicted molar refractivity (Wildman–Crippen MR) is 161 cm³/mol. The molecular weight excluding hydrogens is 526 g/mol. The van der Waals surface area contributed by atoms with E-state index in [1.54, 1.807) is 4.90 Å². The summed E-state index contributed by atoms with van der Waals surface area (Å²) in [7, 11) is 2.15. The molecule has 3 atom stereocenters. The van der Waals surface area contributed by atoms with E-state index in [9.17, 15) is 10.1 Å². The molecule has 216 valence electrons. The zero-order valence-electron chi connectivity index (χ0n) is 24.2. The summed E-state index contributed by atoms with van der Waals surface area (Å²) in [6, 6.07) is 16.4. The van der Waals surface area contributed by atoms with E-state index < -0.39 is 0 Å². The molecule has 2 aromatic carbocycles. The van der Waals surface area contributed by atoms with Crippen molar-refractivity contribution in [3.05, 3.63) is 71.4 Å². The average molecular weight is 564 g/mol. The summed E-state index contributed by atoms with van der Waals surface area (Å²) in [6.45, 7) is 8.48. The summed E-state index contributed by atoms with van der Waals surface area (Å²) in [5.41, 5.74) is 4.93. The highest BCUT2D eigenvalue weighted by Crippen LogP contribution is 2.44. The van der Waals surface area contributed by atoms with Crippen LogP contribution in [0.1, 0.15) is 47.7 Å². The molecule has 4 aliphatic rings. The number of hydrogen-bond acceptors (Lipinski definition) is 8. The highest BCUT2D eigenvalue weighted by molar-refractivity contribution is 5.91. The standard InChI is InChI=1S/C33H37N7O2/c1-3-30(41)40-16-15-38(18-24(40)12-13-34)32-27-19-39(29-17-23-9-4-7-22-8-5-11-26(29)31(22)23)20-28(27)35-33(36-32)42-21-25-10-6-14-37(25)2/h3-5,7-9,11,24-25,29H,1,6,10,12,14-21H2,2H3/t24-,25-,29-/m0/s1. The molecule has 0 saturated carbocycles. The van der Waals surface area contributed by atoms with E-state index >= 15 is 0 Å². The molecule has 3 aliphatic heterocycles. The summed E-state index contributed by atoms with van der Waals surface area (Å²) in [5.74, 6) is 0.744. The summed E-state index contributed by atoms with van der Waals surface area (Å²) in [4.78, 5) is 31.4. The molecule has 0 spiro atoms. The van der Waals surface area contributed by atoms with E-state index in [1.807, 2.05) is 0 Å². The van der Waals surface area contributed by atoms with Gasteiger partial charge in [-0.15, -0.1) is 0 Å². The van der Waals surface area contributed by atoms with E-state index in [0.717, 1.165) is 49.6 Å². The first-order valence-corrected chi connectivity index (χ1v) is 15.1. The van der Waals surface area contributed by atoms with Gasteiger partial charge in [-0.3, -0.25) is 9.69 Å². The highest BCUT2D eigenvalue weighted by atomic mass is 16.5. The van der Waals surface area contributed by atoms with Gasteiger partial charge in [-0.25, -0.2) is 0 Å². The third-order valence-corrected chi connectivity index (χ3v) is 9.64. The van der Waals surface area contributed by atoms with Crippen LogP contribution in [0.3, 0.4) is 0 Å². The number of fused-ring (bicyclic) bond motifs is 1. The Morgan fingerprint density at radius 1 is 1.14 bits per heavy atom. The van der Waals surface area contributed by atoms with Crippen LogP contribution in [0.2, 0.25) is 0 Å². The Balaban J connectivity index is 1.20. The van der Waals surface area contributed by atoms with Crippen LogP contribution in [-0.4, -0.2) is 82.5 Å². The van der Waals surface area contributed by atoms with Crippen molar-refractivity contribution in [2.24, 2.45) is 0 Å². The number of hydrogen-bond donors (Lipinski definition) is 0. The van der Waals surface area contributed by atoms with E-state index in [4.69, 9.17) is 14.7 Å². The maximum Gasteiger partial charge on any atom is 0.318 e. The van der Waals surface area contributed by atoms with Gasteiger partial charge in [-0.2, -0.15) is 15.2 Å². The van der Waals surface area contributed by atoms with Crippen molar-refractivity contribution in [3.8, 4) is 12.1 Å². The van der Waals surface area contributed by atoms with Crippen molar-refractivity contribution in [1.29, 1.82) is 5.26 Å². The first-order valence-electron chi connectivity index (χ1n) is 15.1. The number of rotatable bonds is 7. The minimum atomic E-state index is -0.226. The van der Waals surface area contributed by atoms with Gasteiger partial charge < -0.3 is 19.4 Å². The number of piperazine rings is 1. The molecule has 0 bridgehead atoms. The first kappa shape index (κ1) is 26.9. The van der Waals surface area contributed by atoms with Crippen molar-refractivity contribution < 1.29 is 9.53 Å². The third kappa shape index (κ3) is 4.69. The molecular formula is C33H37N7O2. The van der Waals surface area contributed by atoms with Gasteiger partial charge in [0.1, 0.15) is 12.4 Å². The molecule has 1 aliphatic carbocycles. The van der Waals surface area contributed by atoms with Crippen molar-refractivity contribution in [1.82, 2.24) is 24.7 Å². The van der Waals surface area contributed by atoms with Crippen LogP contribution in [0, 0.1) is 11.3 Å². The molecule has 42 heavy (non-hydrogen) atoms. The molecule has 9 nitrogen and oxygen atoms in total. The topological polar surface area (TPSA) is 88.8 Å². The van der Waals surface area contributed by atoms with E-state index in [2.05, 4.69) is 70.8 Å². The van der Waals surface area contributed by atoms with E-state index in [1.165, 1.54) is 34.4 Å². The van der Waals surface area contributed by atoms with Crippen molar-refractivity contribution >= 4 is 22.5 Å². The second-order valence-electron chi connectivity index (χ2n) is 12.0. The number of nitrogens with zero attached hydrogens (tertiary/aromatic N) is 7. The zero-order chi connectivity index (χ0) is 28.8. The lowest BCUT2D eigenvalue weighted by Crippen LogP contribution is -2.55. The van der Waals surface area contributed by atoms with Crippen molar-refractivity contribution in [2.75, 3.05) is 44.7 Å². The number of benzene rings is 2. The van der Waals surface area contributed by atoms with Crippen LogP contribution in [0.15, 0.2) is 49.1 Å². The molecule has 7 rings (SSSR count). The Morgan fingerprint density at radius 2 is 2.00 bits per heavy atom. The Hall–Kier alpha value is -4.00. The van der Waals surface area contributed by atoms with Crippen LogP contribution in [0.25, 0.3) is 10.8 Å². The van der Waals surface area contributed by atoms with Crippen LogP contribution in [-0.2, 0) is 24.3 Å². The second-order valence-corrected chi connectivity index (χ2v) is 12.0. The first-order chi connectivity index (χ1) is 20.5. The summed E-state index contributed by atoms with van der Waals surface area (Å²) in [6.07, 6.45) is 4.88. The smallest absolute Gasteiger partial charge is 0.318 e. The number of amides is 1. The summed E-state index contributed by atoms with van der Waals surface area (Å²) in [5, 5.41) is 12.2. The fourth-order valence-corrected chi connectivity index (χ4v) is 7.42. The SMILES string of the molecule is C=CC(=O)N1CCN(c2nc(OC[C@@H]3CCCN3C)nc3c2CN([C@H]2Cc4cccc5cccc2c45)C3)C[C@@H]1CC#N. The minimum Gasteiger partial charge on any atom is -0.462 e.